The minimum absolute atomic E-state index is 0.110. The van der Waals surface area contributed by atoms with Crippen molar-refractivity contribution in [2.45, 2.75) is 59.7 Å². The zero-order valence-electron chi connectivity index (χ0n) is 17.6. The van der Waals surface area contributed by atoms with Crippen LogP contribution in [-0.4, -0.2) is 21.6 Å². The second-order valence-electron chi connectivity index (χ2n) is 8.83. The van der Waals surface area contributed by atoms with E-state index in [1.165, 1.54) is 18.3 Å². The van der Waals surface area contributed by atoms with E-state index in [4.69, 9.17) is 5.73 Å². The number of nitrogens with zero attached hydrogens (tertiary/aromatic N) is 2. The number of aromatic nitrogens is 2. The van der Waals surface area contributed by atoms with Gasteiger partial charge in [0.1, 0.15) is 11.5 Å². The van der Waals surface area contributed by atoms with E-state index in [1.54, 1.807) is 0 Å². The predicted molar refractivity (Wildman–Crippen MR) is 116 cm³/mol. The van der Waals surface area contributed by atoms with Crippen LogP contribution in [0.15, 0.2) is 4.47 Å². The third-order valence-corrected chi connectivity index (χ3v) is 7.80. The van der Waals surface area contributed by atoms with Gasteiger partial charge in [-0.15, -0.1) is 11.3 Å². The monoisotopic (exact) mass is 520 g/mol. The molecule has 1 atom stereocenters. The molecule has 0 fully saturated rings. The highest BCUT2D eigenvalue weighted by molar-refractivity contribution is 9.10. The van der Waals surface area contributed by atoms with Gasteiger partial charge in [-0.25, -0.2) is 0 Å². The molecular formula is C20H24BrF3N4O2S. The van der Waals surface area contributed by atoms with Crippen molar-refractivity contribution in [2.24, 2.45) is 17.1 Å². The molecule has 2 aromatic heterocycles. The molecule has 0 saturated heterocycles. The maximum atomic E-state index is 13.1. The van der Waals surface area contributed by atoms with Gasteiger partial charge in [-0.2, -0.15) is 18.3 Å². The first-order chi connectivity index (χ1) is 14.2. The first-order valence-electron chi connectivity index (χ1n) is 9.74. The summed E-state index contributed by atoms with van der Waals surface area (Å²) in [5.74, 6) is -0.771. The van der Waals surface area contributed by atoms with Crippen LogP contribution in [0.5, 0.6) is 0 Å². The lowest BCUT2D eigenvalue weighted by atomic mass is 9.72. The number of rotatable bonds is 4. The highest BCUT2D eigenvalue weighted by Gasteiger charge is 2.38. The number of anilines is 1. The van der Waals surface area contributed by atoms with Gasteiger partial charge in [0, 0.05) is 4.88 Å². The Labute approximate surface area is 190 Å². The highest BCUT2D eigenvalue weighted by atomic mass is 79.9. The number of alkyl halides is 3. The van der Waals surface area contributed by atoms with Crippen LogP contribution >= 0.6 is 27.3 Å². The van der Waals surface area contributed by atoms with Crippen molar-refractivity contribution < 1.29 is 22.8 Å². The summed E-state index contributed by atoms with van der Waals surface area (Å²) in [6, 6.07) is 0. The molecule has 0 radical (unpaired) electrons. The molecule has 2 heterocycles. The summed E-state index contributed by atoms with van der Waals surface area (Å²) >= 11 is 4.20. The van der Waals surface area contributed by atoms with Gasteiger partial charge in [0.25, 0.3) is 5.91 Å². The highest BCUT2D eigenvalue weighted by Crippen LogP contribution is 2.44. The Morgan fingerprint density at radius 2 is 1.97 bits per heavy atom. The van der Waals surface area contributed by atoms with E-state index in [1.807, 2.05) is 0 Å². The summed E-state index contributed by atoms with van der Waals surface area (Å²) in [6.45, 7) is 7.53. The number of primary amides is 1. The Morgan fingerprint density at radius 3 is 2.48 bits per heavy atom. The van der Waals surface area contributed by atoms with Gasteiger partial charge in [0.2, 0.25) is 5.91 Å². The zero-order chi connectivity index (χ0) is 23.3. The molecule has 2 aromatic rings. The lowest BCUT2D eigenvalue weighted by Gasteiger charge is -2.33. The Hall–Kier alpha value is -1.88. The van der Waals surface area contributed by atoms with Crippen molar-refractivity contribution in [3.8, 4) is 0 Å². The summed E-state index contributed by atoms with van der Waals surface area (Å²) in [5.41, 5.74) is 5.96. The number of fused-ring (bicyclic) bond motifs is 1. The van der Waals surface area contributed by atoms with Crippen LogP contribution in [0, 0.1) is 18.3 Å². The number of carbonyl (C=O) groups is 2. The van der Waals surface area contributed by atoms with Crippen molar-refractivity contribution in [3.05, 3.63) is 31.9 Å². The SMILES string of the molecule is Cc1c(Br)c(C(F)(F)F)nn1CC(=O)Nc1sc2c(c1C(N)=O)CC[C@H](C(C)(C)C)C2. The van der Waals surface area contributed by atoms with E-state index < -0.39 is 30.2 Å². The Kier molecular flexibility index (Phi) is 6.31. The van der Waals surface area contributed by atoms with Crippen molar-refractivity contribution in [3.63, 3.8) is 0 Å². The second kappa shape index (κ2) is 8.23. The summed E-state index contributed by atoms with van der Waals surface area (Å²) < 4.78 is 40.0. The molecule has 3 N–H and O–H groups in total. The van der Waals surface area contributed by atoms with Gasteiger partial charge in [0.05, 0.1) is 15.7 Å². The lowest BCUT2D eigenvalue weighted by molar-refractivity contribution is -0.142. The quantitative estimate of drug-likeness (QED) is 0.599. The molecule has 3 rings (SSSR count). The largest absolute Gasteiger partial charge is 0.436 e. The van der Waals surface area contributed by atoms with Gasteiger partial charge in [0.15, 0.2) is 5.69 Å². The number of nitrogens with two attached hydrogens (primary N) is 1. The van der Waals surface area contributed by atoms with Crippen molar-refractivity contribution >= 4 is 44.1 Å². The molecule has 31 heavy (non-hydrogen) atoms. The van der Waals surface area contributed by atoms with Gasteiger partial charge < -0.3 is 11.1 Å². The maximum Gasteiger partial charge on any atom is 0.436 e. The molecule has 0 bridgehead atoms. The van der Waals surface area contributed by atoms with Crippen molar-refractivity contribution in [1.82, 2.24) is 9.78 Å². The van der Waals surface area contributed by atoms with Crippen molar-refractivity contribution in [1.29, 1.82) is 0 Å². The molecule has 2 amide bonds. The average Bonchev–Trinajstić information content (AvgIpc) is 3.11. The third-order valence-electron chi connectivity index (χ3n) is 5.68. The molecular weight excluding hydrogens is 497 g/mol. The van der Waals surface area contributed by atoms with Gasteiger partial charge >= 0.3 is 6.18 Å². The average molecular weight is 521 g/mol. The second-order valence-corrected chi connectivity index (χ2v) is 10.7. The number of amides is 2. The van der Waals surface area contributed by atoms with Gasteiger partial charge in [-0.05, 0) is 59.0 Å². The summed E-state index contributed by atoms with van der Waals surface area (Å²) in [5, 5.41) is 6.53. The van der Waals surface area contributed by atoms with Crippen LogP contribution in [0.2, 0.25) is 0 Å². The fraction of sp³-hybridized carbons (Fsp3) is 0.550. The smallest absolute Gasteiger partial charge is 0.365 e. The van der Waals surface area contributed by atoms with Gasteiger partial charge in [-0.3, -0.25) is 14.3 Å². The fourth-order valence-corrected chi connectivity index (χ4v) is 5.69. The first-order valence-corrected chi connectivity index (χ1v) is 11.3. The normalized spacial score (nSPS) is 16.8. The van der Waals surface area contributed by atoms with Crippen LogP contribution in [0.4, 0.5) is 18.2 Å². The molecule has 0 aromatic carbocycles. The van der Waals surface area contributed by atoms with E-state index in [0.717, 1.165) is 28.0 Å². The lowest BCUT2D eigenvalue weighted by Crippen LogP contribution is -2.27. The van der Waals surface area contributed by atoms with Crippen LogP contribution in [0.3, 0.4) is 0 Å². The molecule has 0 saturated carbocycles. The first kappa shape index (κ1) is 23.8. The minimum Gasteiger partial charge on any atom is -0.365 e. The standard InChI is InChI=1S/C20H24BrF3N4O2S/c1-9-15(21)16(20(22,23)24)27-28(9)8-13(29)26-18-14(17(25)30)11-6-5-10(19(2,3)4)7-12(11)31-18/h10H,5-8H2,1-4H3,(H2,25,30)(H,26,29)/t10-/m0/s1. The van der Waals surface area contributed by atoms with E-state index in [-0.39, 0.29) is 15.6 Å². The van der Waals surface area contributed by atoms with E-state index >= 15 is 0 Å². The van der Waals surface area contributed by atoms with Crippen LogP contribution < -0.4 is 11.1 Å². The van der Waals surface area contributed by atoms with E-state index in [2.05, 4.69) is 47.1 Å². The predicted octanol–water partition coefficient (Wildman–Crippen LogP) is 4.92. The summed E-state index contributed by atoms with van der Waals surface area (Å²) in [6.07, 6.45) is -2.23. The molecule has 0 unspecified atom stereocenters. The molecule has 6 nitrogen and oxygen atoms in total. The third kappa shape index (κ3) is 4.82. The molecule has 11 heteroatoms. The Balaban J connectivity index is 1.85. The zero-order valence-corrected chi connectivity index (χ0v) is 20.0. The Morgan fingerprint density at radius 1 is 1.32 bits per heavy atom. The van der Waals surface area contributed by atoms with E-state index in [9.17, 15) is 22.8 Å². The maximum absolute atomic E-state index is 13.1. The number of hydrogen-bond acceptors (Lipinski definition) is 4. The molecule has 0 aliphatic heterocycles. The van der Waals surface area contributed by atoms with Crippen LogP contribution in [0.25, 0.3) is 0 Å². The number of thiophene rings is 1. The van der Waals surface area contributed by atoms with Gasteiger partial charge in [-0.1, -0.05) is 20.8 Å². The molecule has 1 aliphatic carbocycles. The fourth-order valence-electron chi connectivity index (χ4n) is 3.84. The summed E-state index contributed by atoms with van der Waals surface area (Å²) in [4.78, 5) is 25.7. The van der Waals surface area contributed by atoms with Crippen molar-refractivity contribution in [2.75, 3.05) is 5.32 Å². The molecule has 170 valence electrons. The number of carbonyl (C=O) groups excluding carboxylic acids is 2. The molecule has 1 aliphatic rings. The Bertz CT molecular complexity index is 1040. The molecule has 0 spiro atoms. The summed E-state index contributed by atoms with van der Waals surface area (Å²) in [7, 11) is 0. The number of nitrogens with one attached hydrogen (secondary N) is 1. The number of halogens is 4. The number of hydrogen-bond donors (Lipinski definition) is 2. The van der Waals surface area contributed by atoms with Crippen LogP contribution in [0.1, 0.15) is 59.4 Å². The minimum atomic E-state index is -4.64. The van der Waals surface area contributed by atoms with Crippen LogP contribution in [-0.2, 0) is 30.4 Å². The van der Waals surface area contributed by atoms with E-state index in [0.29, 0.717) is 22.9 Å². The topological polar surface area (TPSA) is 90.0 Å².